The highest BCUT2D eigenvalue weighted by molar-refractivity contribution is 6.18. The molecule has 0 radical (unpaired) electrons. The van der Waals surface area contributed by atoms with Crippen molar-refractivity contribution in [2.24, 2.45) is 0 Å². The standard InChI is InChI=1S/C25H16.C18H13N.C6H7N/c1-3-7-18-16(5-1)9-10-22-20(18)11-14-24-23(22)13-12-21-19-8-4-2-6-17(19)15-25(21)24;1-2-8-14(9-3-1)19-17-12-6-4-10-15(17)16-11-5-7-13-18(16)19;1-2-4-6-7-5-3-1/h1-14H,15H2;1-13H;1-7H. The van der Waals surface area contributed by atoms with E-state index in [9.17, 15) is 0 Å². The number of hydrogen-bond donors (Lipinski definition) is 1. The number of fused-ring (bicyclic) bond motifs is 12. The van der Waals surface area contributed by atoms with E-state index in [2.05, 4.69) is 174 Å². The molecule has 2 aliphatic rings. The van der Waals surface area contributed by atoms with Gasteiger partial charge in [0.15, 0.2) is 0 Å². The molecule has 0 spiro atoms. The first kappa shape index (κ1) is 30.4. The fourth-order valence-corrected chi connectivity index (χ4v) is 7.72. The second kappa shape index (κ2) is 13.3. The quantitative estimate of drug-likeness (QED) is 0.175. The summed E-state index contributed by atoms with van der Waals surface area (Å²) in [5.41, 5.74) is 9.46. The van der Waals surface area contributed by atoms with Gasteiger partial charge >= 0.3 is 0 Å². The Morgan fingerprint density at radius 2 is 0.922 bits per heavy atom. The van der Waals surface area contributed by atoms with Gasteiger partial charge in [0, 0.05) is 28.9 Å². The molecular weight excluding hydrogens is 617 g/mol. The average Bonchev–Trinajstić information content (AvgIpc) is 3.58. The molecule has 1 aliphatic carbocycles. The summed E-state index contributed by atoms with van der Waals surface area (Å²) < 4.78 is 2.32. The van der Waals surface area contributed by atoms with Crippen molar-refractivity contribution in [1.29, 1.82) is 0 Å². The van der Waals surface area contributed by atoms with Crippen LogP contribution in [0.25, 0.3) is 70.9 Å². The molecule has 51 heavy (non-hydrogen) atoms. The lowest BCUT2D eigenvalue weighted by Crippen LogP contribution is -1.92. The Kier molecular flexibility index (Phi) is 7.96. The smallest absolute Gasteiger partial charge is 0.0541 e. The Labute approximate surface area is 297 Å². The van der Waals surface area contributed by atoms with Crippen molar-refractivity contribution < 1.29 is 0 Å². The first-order valence-corrected chi connectivity index (χ1v) is 17.6. The predicted octanol–water partition coefficient (Wildman–Crippen LogP) is 12.7. The number of aromatic nitrogens is 1. The SMILES string of the molecule is C1=CC=CNC=C1.c1ccc(-n2c3ccccc3c3ccccc32)cc1.c1ccc2c(c1)Cc1c-2ccc2c1ccc1c3ccccc3ccc21. The van der Waals surface area contributed by atoms with E-state index >= 15 is 0 Å². The minimum absolute atomic E-state index is 1.04. The summed E-state index contributed by atoms with van der Waals surface area (Å²) in [7, 11) is 0. The van der Waals surface area contributed by atoms with Gasteiger partial charge in [-0.3, -0.25) is 0 Å². The maximum absolute atomic E-state index is 2.92. The van der Waals surface area contributed by atoms with Gasteiger partial charge in [-0.1, -0.05) is 152 Å². The van der Waals surface area contributed by atoms with E-state index in [4.69, 9.17) is 0 Å². The number of para-hydroxylation sites is 3. The zero-order chi connectivity index (χ0) is 34.0. The summed E-state index contributed by atoms with van der Waals surface area (Å²) in [6.07, 6.45) is 12.6. The van der Waals surface area contributed by atoms with Gasteiger partial charge in [0.05, 0.1) is 11.0 Å². The number of hydrogen-bond acceptors (Lipinski definition) is 1. The van der Waals surface area contributed by atoms with Crippen molar-refractivity contribution in [3.05, 3.63) is 212 Å². The summed E-state index contributed by atoms with van der Waals surface area (Å²) >= 11 is 0. The van der Waals surface area contributed by atoms with Crippen LogP contribution < -0.4 is 5.32 Å². The van der Waals surface area contributed by atoms with Crippen LogP contribution in [0.1, 0.15) is 11.1 Å². The average molecular weight is 653 g/mol. The summed E-state index contributed by atoms with van der Waals surface area (Å²) in [5.74, 6) is 0. The van der Waals surface area contributed by atoms with E-state index in [0.717, 1.165) is 6.42 Å². The fraction of sp³-hybridized carbons (Fsp3) is 0.0204. The van der Waals surface area contributed by atoms with Crippen LogP contribution in [-0.2, 0) is 6.42 Å². The van der Waals surface area contributed by atoms with E-state index < -0.39 is 0 Å². The van der Waals surface area contributed by atoms with Crippen molar-refractivity contribution in [2.45, 2.75) is 6.42 Å². The van der Waals surface area contributed by atoms with Crippen molar-refractivity contribution in [3.63, 3.8) is 0 Å². The Hall–Kier alpha value is -6.64. The van der Waals surface area contributed by atoms with Crippen LogP contribution in [0.5, 0.6) is 0 Å². The third-order valence-corrected chi connectivity index (χ3v) is 10.0. The number of allylic oxidation sites excluding steroid dienone is 4. The summed E-state index contributed by atoms with van der Waals surface area (Å²) in [6, 6.07) is 58.9. The molecule has 0 unspecified atom stereocenters. The van der Waals surface area contributed by atoms with Gasteiger partial charge in [0.25, 0.3) is 0 Å². The number of benzene rings is 8. The zero-order valence-electron chi connectivity index (χ0n) is 28.2. The molecule has 0 amide bonds. The lowest BCUT2D eigenvalue weighted by Gasteiger charge is -2.11. The molecule has 9 aromatic rings. The minimum atomic E-state index is 1.04. The van der Waals surface area contributed by atoms with Crippen molar-refractivity contribution in [3.8, 4) is 16.8 Å². The normalized spacial score (nSPS) is 12.5. The first-order chi connectivity index (χ1) is 25.3. The summed E-state index contributed by atoms with van der Waals surface area (Å²) in [5, 5.41) is 13.7. The van der Waals surface area contributed by atoms with Gasteiger partial charge in [-0.05, 0) is 97.4 Å². The second-order valence-electron chi connectivity index (χ2n) is 12.9. The van der Waals surface area contributed by atoms with E-state index in [1.165, 1.54) is 82.1 Å². The lowest BCUT2D eigenvalue weighted by atomic mass is 9.93. The number of nitrogens with zero attached hydrogens (tertiary/aromatic N) is 1. The van der Waals surface area contributed by atoms with Crippen LogP contribution in [0.2, 0.25) is 0 Å². The monoisotopic (exact) mass is 652 g/mol. The van der Waals surface area contributed by atoms with Crippen LogP contribution in [0.4, 0.5) is 0 Å². The molecule has 1 N–H and O–H groups in total. The van der Waals surface area contributed by atoms with E-state index in [1.54, 1.807) is 0 Å². The van der Waals surface area contributed by atoms with Gasteiger partial charge in [-0.25, -0.2) is 0 Å². The molecule has 0 bridgehead atoms. The van der Waals surface area contributed by atoms with Crippen LogP contribution in [0.15, 0.2) is 200 Å². The second-order valence-corrected chi connectivity index (χ2v) is 12.9. The van der Waals surface area contributed by atoms with Crippen LogP contribution in [0.3, 0.4) is 0 Å². The summed E-state index contributed by atoms with van der Waals surface area (Å²) in [4.78, 5) is 0. The summed E-state index contributed by atoms with van der Waals surface area (Å²) in [6.45, 7) is 0. The number of rotatable bonds is 1. The van der Waals surface area contributed by atoms with E-state index in [1.807, 2.05) is 36.7 Å². The molecule has 1 aliphatic heterocycles. The highest BCUT2D eigenvalue weighted by Crippen LogP contribution is 2.42. The Morgan fingerprint density at radius 3 is 1.69 bits per heavy atom. The molecule has 0 fully saturated rings. The van der Waals surface area contributed by atoms with Gasteiger partial charge < -0.3 is 9.88 Å². The van der Waals surface area contributed by atoms with Gasteiger partial charge in [0.2, 0.25) is 0 Å². The van der Waals surface area contributed by atoms with Gasteiger partial charge in [0.1, 0.15) is 0 Å². The Bertz CT molecular complexity index is 2730. The molecule has 242 valence electrons. The zero-order valence-corrected chi connectivity index (χ0v) is 28.2. The molecule has 0 saturated heterocycles. The lowest BCUT2D eigenvalue weighted by molar-refractivity contribution is 1.18. The van der Waals surface area contributed by atoms with Gasteiger partial charge in [-0.15, -0.1) is 0 Å². The molecule has 2 heterocycles. The largest absolute Gasteiger partial charge is 0.368 e. The molecular formula is C49H36N2. The molecule has 0 saturated carbocycles. The van der Waals surface area contributed by atoms with Crippen molar-refractivity contribution in [1.82, 2.24) is 9.88 Å². The van der Waals surface area contributed by atoms with Gasteiger partial charge in [-0.2, -0.15) is 0 Å². The highest BCUT2D eigenvalue weighted by Gasteiger charge is 2.20. The first-order valence-electron chi connectivity index (χ1n) is 17.6. The molecule has 8 aromatic carbocycles. The van der Waals surface area contributed by atoms with Crippen LogP contribution in [-0.4, -0.2) is 4.57 Å². The molecule has 2 heteroatoms. The minimum Gasteiger partial charge on any atom is -0.368 e. The maximum Gasteiger partial charge on any atom is 0.0541 e. The highest BCUT2D eigenvalue weighted by atomic mass is 15.0. The third kappa shape index (κ3) is 5.57. The number of nitrogens with one attached hydrogen (secondary N) is 1. The molecule has 11 rings (SSSR count). The molecule has 0 atom stereocenters. The van der Waals surface area contributed by atoms with E-state index in [-0.39, 0.29) is 0 Å². The maximum atomic E-state index is 2.92. The predicted molar refractivity (Wildman–Crippen MR) is 219 cm³/mol. The van der Waals surface area contributed by atoms with Crippen molar-refractivity contribution in [2.75, 3.05) is 0 Å². The topological polar surface area (TPSA) is 17.0 Å². The fourth-order valence-electron chi connectivity index (χ4n) is 7.72. The van der Waals surface area contributed by atoms with Crippen LogP contribution in [0, 0.1) is 0 Å². The van der Waals surface area contributed by atoms with E-state index in [0.29, 0.717) is 0 Å². The van der Waals surface area contributed by atoms with Crippen LogP contribution >= 0.6 is 0 Å². The molecule has 2 nitrogen and oxygen atoms in total. The Balaban J connectivity index is 0.000000118. The molecule has 1 aromatic heterocycles. The van der Waals surface area contributed by atoms with Crippen molar-refractivity contribution >= 4 is 54.1 Å². The third-order valence-electron chi connectivity index (χ3n) is 10.0. The Morgan fingerprint density at radius 1 is 0.373 bits per heavy atom.